The molecular formula is C8H14O3. The lowest BCUT2D eigenvalue weighted by molar-refractivity contribution is -0.164. The molecule has 2 aliphatic rings. The van der Waals surface area contributed by atoms with E-state index < -0.39 is 0 Å². The molecule has 2 rings (SSSR count). The average Bonchev–Trinajstić information content (AvgIpc) is 2.30. The molecule has 2 saturated heterocycles. The van der Waals surface area contributed by atoms with E-state index in [1.165, 1.54) is 0 Å². The Bertz CT molecular complexity index is 148. The lowest BCUT2D eigenvalue weighted by Gasteiger charge is -2.25. The van der Waals surface area contributed by atoms with Crippen LogP contribution in [0.1, 0.15) is 19.8 Å². The summed E-state index contributed by atoms with van der Waals surface area (Å²) in [5.74, 6) is 0.221. The second-order valence-corrected chi connectivity index (χ2v) is 3.38. The van der Waals surface area contributed by atoms with Crippen molar-refractivity contribution in [2.45, 2.75) is 38.3 Å². The summed E-state index contributed by atoms with van der Waals surface area (Å²) in [6, 6.07) is 0. The second kappa shape index (κ2) is 2.73. The average molecular weight is 158 g/mol. The van der Waals surface area contributed by atoms with Crippen LogP contribution in [0.2, 0.25) is 0 Å². The standard InChI is InChI=1S/C8H14O3/c1-5-7(9)6-3-2-4-10-8(6)11-5/h5-9H,2-4H2,1H3/t5-,6-,7-,8+/m1/s1. The van der Waals surface area contributed by atoms with Gasteiger partial charge in [-0.3, -0.25) is 0 Å². The van der Waals surface area contributed by atoms with Crippen molar-refractivity contribution in [3.63, 3.8) is 0 Å². The first kappa shape index (κ1) is 7.53. The van der Waals surface area contributed by atoms with Gasteiger partial charge in [0.1, 0.15) is 0 Å². The van der Waals surface area contributed by atoms with Crippen LogP contribution < -0.4 is 0 Å². The van der Waals surface area contributed by atoms with E-state index in [0.29, 0.717) is 0 Å². The third kappa shape index (κ3) is 1.17. The molecule has 0 spiro atoms. The Balaban J connectivity index is 2.05. The highest BCUT2D eigenvalue weighted by molar-refractivity contribution is 4.85. The van der Waals surface area contributed by atoms with Crippen LogP contribution in [0.15, 0.2) is 0 Å². The fourth-order valence-corrected chi connectivity index (χ4v) is 1.89. The summed E-state index contributed by atoms with van der Waals surface area (Å²) in [4.78, 5) is 0. The fraction of sp³-hybridized carbons (Fsp3) is 1.00. The van der Waals surface area contributed by atoms with Crippen LogP contribution in [0.5, 0.6) is 0 Å². The summed E-state index contributed by atoms with van der Waals surface area (Å²) in [6.45, 7) is 2.67. The Morgan fingerprint density at radius 2 is 2.27 bits per heavy atom. The van der Waals surface area contributed by atoms with Crippen molar-refractivity contribution in [3.05, 3.63) is 0 Å². The third-order valence-electron chi connectivity index (χ3n) is 2.58. The summed E-state index contributed by atoms with van der Waals surface area (Å²) in [6.07, 6.45) is 1.59. The monoisotopic (exact) mass is 158 g/mol. The van der Waals surface area contributed by atoms with Gasteiger partial charge >= 0.3 is 0 Å². The van der Waals surface area contributed by atoms with Gasteiger partial charge in [-0.05, 0) is 19.8 Å². The Labute approximate surface area is 66.3 Å². The van der Waals surface area contributed by atoms with Crippen LogP contribution in [0.3, 0.4) is 0 Å². The zero-order valence-electron chi connectivity index (χ0n) is 6.69. The number of ether oxygens (including phenoxy) is 2. The van der Waals surface area contributed by atoms with Gasteiger partial charge in [-0.25, -0.2) is 0 Å². The maximum atomic E-state index is 9.59. The summed E-state index contributed by atoms with van der Waals surface area (Å²) in [5.41, 5.74) is 0. The van der Waals surface area contributed by atoms with E-state index >= 15 is 0 Å². The molecule has 0 aliphatic carbocycles. The predicted octanol–water partition coefficient (Wildman–Crippen LogP) is 0.519. The maximum absolute atomic E-state index is 9.59. The van der Waals surface area contributed by atoms with Gasteiger partial charge in [0.05, 0.1) is 12.2 Å². The highest BCUT2D eigenvalue weighted by Crippen LogP contribution is 2.33. The van der Waals surface area contributed by atoms with E-state index in [0.717, 1.165) is 19.4 Å². The van der Waals surface area contributed by atoms with Crippen molar-refractivity contribution in [2.24, 2.45) is 5.92 Å². The molecular weight excluding hydrogens is 144 g/mol. The first-order valence-corrected chi connectivity index (χ1v) is 4.24. The van der Waals surface area contributed by atoms with Gasteiger partial charge in [0.2, 0.25) is 0 Å². The van der Waals surface area contributed by atoms with Crippen molar-refractivity contribution in [1.29, 1.82) is 0 Å². The SMILES string of the molecule is C[C@H]1O[C@@H]2OCCC[C@@H]2[C@@H]1O. The number of fused-ring (bicyclic) bond motifs is 1. The van der Waals surface area contributed by atoms with Crippen LogP contribution in [0.4, 0.5) is 0 Å². The lowest BCUT2D eigenvalue weighted by atomic mass is 9.94. The van der Waals surface area contributed by atoms with Crippen molar-refractivity contribution in [3.8, 4) is 0 Å². The molecule has 0 aromatic carbocycles. The Kier molecular flexibility index (Phi) is 1.87. The van der Waals surface area contributed by atoms with Crippen molar-refractivity contribution < 1.29 is 14.6 Å². The Hall–Kier alpha value is -0.120. The zero-order chi connectivity index (χ0) is 7.84. The minimum Gasteiger partial charge on any atom is -0.390 e. The number of aliphatic hydroxyl groups excluding tert-OH is 1. The molecule has 4 atom stereocenters. The molecule has 1 N–H and O–H groups in total. The summed E-state index contributed by atoms with van der Waals surface area (Å²) in [7, 11) is 0. The van der Waals surface area contributed by atoms with E-state index in [9.17, 15) is 5.11 Å². The fourth-order valence-electron chi connectivity index (χ4n) is 1.89. The van der Waals surface area contributed by atoms with Crippen LogP contribution in [0.25, 0.3) is 0 Å². The smallest absolute Gasteiger partial charge is 0.163 e. The van der Waals surface area contributed by atoms with Gasteiger partial charge in [-0.2, -0.15) is 0 Å². The second-order valence-electron chi connectivity index (χ2n) is 3.38. The van der Waals surface area contributed by atoms with Crippen LogP contribution >= 0.6 is 0 Å². The first-order chi connectivity index (χ1) is 5.29. The molecule has 0 unspecified atom stereocenters. The van der Waals surface area contributed by atoms with Crippen LogP contribution in [-0.2, 0) is 9.47 Å². The van der Waals surface area contributed by atoms with Crippen molar-refractivity contribution >= 4 is 0 Å². The normalized spacial score (nSPS) is 50.7. The minimum atomic E-state index is -0.319. The van der Waals surface area contributed by atoms with E-state index in [4.69, 9.17) is 9.47 Å². The molecule has 64 valence electrons. The van der Waals surface area contributed by atoms with E-state index in [-0.39, 0.29) is 24.4 Å². The number of rotatable bonds is 0. The lowest BCUT2D eigenvalue weighted by Crippen LogP contribution is -2.31. The summed E-state index contributed by atoms with van der Waals surface area (Å²) in [5, 5.41) is 9.59. The zero-order valence-corrected chi connectivity index (χ0v) is 6.69. The highest BCUT2D eigenvalue weighted by atomic mass is 16.7. The highest BCUT2D eigenvalue weighted by Gasteiger charge is 2.43. The molecule has 2 aliphatic heterocycles. The first-order valence-electron chi connectivity index (χ1n) is 4.24. The maximum Gasteiger partial charge on any atom is 0.163 e. The summed E-state index contributed by atoms with van der Waals surface area (Å²) >= 11 is 0. The molecule has 2 fully saturated rings. The van der Waals surface area contributed by atoms with E-state index in [2.05, 4.69) is 0 Å². The van der Waals surface area contributed by atoms with Gasteiger partial charge in [-0.15, -0.1) is 0 Å². The van der Waals surface area contributed by atoms with E-state index in [1.807, 2.05) is 6.92 Å². The quantitative estimate of drug-likeness (QED) is 0.558. The molecule has 0 saturated carbocycles. The molecule has 0 aromatic rings. The van der Waals surface area contributed by atoms with Gasteiger partial charge in [0.25, 0.3) is 0 Å². The van der Waals surface area contributed by atoms with Crippen molar-refractivity contribution in [2.75, 3.05) is 6.61 Å². The summed E-state index contributed by atoms with van der Waals surface area (Å²) < 4.78 is 10.8. The third-order valence-corrected chi connectivity index (χ3v) is 2.58. The molecule has 3 nitrogen and oxygen atoms in total. The van der Waals surface area contributed by atoms with Gasteiger partial charge in [0, 0.05) is 12.5 Å². The van der Waals surface area contributed by atoms with Crippen LogP contribution in [0, 0.1) is 5.92 Å². The topological polar surface area (TPSA) is 38.7 Å². The van der Waals surface area contributed by atoms with Gasteiger partial charge < -0.3 is 14.6 Å². The Morgan fingerprint density at radius 1 is 1.45 bits per heavy atom. The number of hydrogen-bond acceptors (Lipinski definition) is 3. The molecule has 11 heavy (non-hydrogen) atoms. The van der Waals surface area contributed by atoms with E-state index in [1.54, 1.807) is 0 Å². The van der Waals surface area contributed by atoms with Crippen molar-refractivity contribution in [1.82, 2.24) is 0 Å². The molecule has 0 radical (unpaired) electrons. The molecule has 0 amide bonds. The van der Waals surface area contributed by atoms with Crippen LogP contribution in [-0.4, -0.2) is 30.2 Å². The largest absolute Gasteiger partial charge is 0.390 e. The number of aliphatic hydroxyl groups is 1. The Morgan fingerprint density at radius 3 is 3.00 bits per heavy atom. The molecule has 3 heteroatoms. The van der Waals surface area contributed by atoms with Gasteiger partial charge in [0.15, 0.2) is 6.29 Å². The molecule has 2 heterocycles. The van der Waals surface area contributed by atoms with Gasteiger partial charge in [-0.1, -0.05) is 0 Å². The molecule has 0 bridgehead atoms. The number of hydrogen-bond donors (Lipinski definition) is 1. The molecule has 0 aromatic heterocycles. The minimum absolute atomic E-state index is 0.0527. The predicted molar refractivity (Wildman–Crippen MR) is 39.0 cm³/mol.